The molecule has 0 radical (unpaired) electrons. The van der Waals surface area contributed by atoms with Gasteiger partial charge in [0.15, 0.2) is 11.7 Å². The number of halogens is 7. The standard InChI is InChI=1S/C22H19F7/c1-3-4-13(2)14-5-7-15(8-6-14)20(25)21(26)16-11-18(23)17(19(24)12-16)9-10-22(27,28)29/h5-13H,3-4H2,1-2H3/b10-9+,21-20+. The topological polar surface area (TPSA) is 0 Å². The van der Waals surface area contributed by atoms with Gasteiger partial charge in [-0.05, 0) is 36.1 Å². The molecule has 2 aromatic carbocycles. The summed E-state index contributed by atoms with van der Waals surface area (Å²) in [5, 5.41) is 0. The zero-order valence-corrected chi connectivity index (χ0v) is 15.8. The number of benzene rings is 2. The highest BCUT2D eigenvalue weighted by molar-refractivity contribution is 5.83. The fraction of sp³-hybridized carbons (Fsp3) is 0.273. The second-order valence-electron chi connectivity index (χ2n) is 6.67. The Hall–Kier alpha value is -2.57. The van der Waals surface area contributed by atoms with E-state index in [0.29, 0.717) is 12.1 Å². The Bertz CT molecular complexity index is 883. The van der Waals surface area contributed by atoms with Crippen molar-refractivity contribution in [2.75, 3.05) is 0 Å². The summed E-state index contributed by atoms with van der Waals surface area (Å²) in [5.41, 5.74) is -0.905. The molecule has 0 fully saturated rings. The molecule has 0 aliphatic carbocycles. The summed E-state index contributed by atoms with van der Waals surface area (Å²) >= 11 is 0. The molecule has 7 heteroatoms. The van der Waals surface area contributed by atoms with Gasteiger partial charge in [-0.3, -0.25) is 0 Å². The summed E-state index contributed by atoms with van der Waals surface area (Å²) in [7, 11) is 0. The van der Waals surface area contributed by atoms with Crippen LogP contribution in [0.2, 0.25) is 0 Å². The van der Waals surface area contributed by atoms with E-state index in [1.165, 1.54) is 12.1 Å². The monoisotopic (exact) mass is 416 g/mol. The average molecular weight is 416 g/mol. The van der Waals surface area contributed by atoms with E-state index in [9.17, 15) is 30.7 Å². The average Bonchev–Trinajstić information content (AvgIpc) is 2.65. The molecule has 29 heavy (non-hydrogen) atoms. The van der Waals surface area contributed by atoms with Crippen LogP contribution >= 0.6 is 0 Å². The van der Waals surface area contributed by atoms with Crippen LogP contribution in [-0.2, 0) is 0 Å². The molecule has 156 valence electrons. The molecule has 2 aromatic rings. The van der Waals surface area contributed by atoms with Crippen LogP contribution in [0.25, 0.3) is 17.7 Å². The van der Waals surface area contributed by atoms with Crippen molar-refractivity contribution in [3.8, 4) is 0 Å². The van der Waals surface area contributed by atoms with E-state index in [-0.39, 0.29) is 23.6 Å². The first kappa shape index (κ1) is 22.7. The molecule has 0 heterocycles. The minimum absolute atomic E-state index is 0.114. The molecule has 0 saturated carbocycles. The first-order valence-electron chi connectivity index (χ1n) is 8.94. The van der Waals surface area contributed by atoms with E-state index < -0.39 is 40.6 Å². The summed E-state index contributed by atoms with van der Waals surface area (Å²) in [6.07, 6.45) is -3.02. The molecule has 0 aliphatic heterocycles. The highest BCUT2D eigenvalue weighted by atomic mass is 19.4. The first-order chi connectivity index (χ1) is 13.5. The van der Waals surface area contributed by atoms with E-state index in [1.54, 1.807) is 12.1 Å². The van der Waals surface area contributed by atoms with Gasteiger partial charge in [-0.1, -0.05) is 44.5 Å². The van der Waals surface area contributed by atoms with Crippen LogP contribution in [0.5, 0.6) is 0 Å². The van der Waals surface area contributed by atoms with Gasteiger partial charge < -0.3 is 0 Å². The Morgan fingerprint density at radius 3 is 1.93 bits per heavy atom. The molecular weight excluding hydrogens is 397 g/mol. The smallest absolute Gasteiger partial charge is 0.206 e. The minimum Gasteiger partial charge on any atom is -0.206 e. The molecule has 2 rings (SSSR count). The van der Waals surface area contributed by atoms with Crippen molar-refractivity contribution >= 4 is 17.7 Å². The number of hydrogen-bond donors (Lipinski definition) is 0. The van der Waals surface area contributed by atoms with Crippen molar-refractivity contribution in [3.05, 3.63) is 76.4 Å². The second kappa shape index (κ2) is 9.29. The predicted molar refractivity (Wildman–Crippen MR) is 100 cm³/mol. The Morgan fingerprint density at radius 1 is 0.931 bits per heavy atom. The van der Waals surface area contributed by atoms with Gasteiger partial charge in [-0.2, -0.15) is 13.2 Å². The van der Waals surface area contributed by atoms with E-state index in [2.05, 4.69) is 0 Å². The second-order valence-corrected chi connectivity index (χ2v) is 6.67. The lowest BCUT2D eigenvalue weighted by molar-refractivity contribution is -0.0790. The molecule has 0 nitrogen and oxygen atoms in total. The molecular formula is C22H19F7. The van der Waals surface area contributed by atoms with Gasteiger partial charge in [0.25, 0.3) is 0 Å². The van der Waals surface area contributed by atoms with Crippen LogP contribution in [0.1, 0.15) is 54.9 Å². The molecule has 0 aliphatic rings. The molecule has 0 bridgehead atoms. The van der Waals surface area contributed by atoms with Crippen molar-refractivity contribution in [1.29, 1.82) is 0 Å². The van der Waals surface area contributed by atoms with Gasteiger partial charge in [-0.15, -0.1) is 0 Å². The number of rotatable bonds is 6. The van der Waals surface area contributed by atoms with Gasteiger partial charge in [0.1, 0.15) is 11.6 Å². The quantitative estimate of drug-likeness (QED) is 0.329. The van der Waals surface area contributed by atoms with Gasteiger partial charge in [-0.25, -0.2) is 17.6 Å². The Balaban J connectivity index is 2.36. The maximum atomic E-state index is 14.5. The van der Waals surface area contributed by atoms with Gasteiger partial charge in [0, 0.05) is 22.8 Å². The SMILES string of the molecule is CCCC(C)c1ccc(/C(F)=C(\F)c2cc(F)c(/C=C/C(F)(F)F)c(F)c2)cc1. The van der Waals surface area contributed by atoms with Crippen molar-refractivity contribution in [2.45, 2.75) is 38.8 Å². The van der Waals surface area contributed by atoms with Crippen molar-refractivity contribution < 1.29 is 30.7 Å². The van der Waals surface area contributed by atoms with Gasteiger partial charge >= 0.3 is 6.18 Å². The zero-order valence-electron chi connectivity index (χ0n) is 15.8. The molecule has 0 spiro atoms. The molecule has 0 aromatic heterocycles. The van der Waals surface area contributed by atoms with Crippen LogP contribution < -0.4 is 0 Å². The third-order valence-electron chi connectivity index (χ3n) is 4.42. The van der Waals surface area contributed by atoms with Gasteiger partial charge in [0.2, 0.25) is 0 Å². The van der Waals surface area contributed by atoms with E-state index >= 15 is 0 Å². The largest absolute Gasteiger partial charge is 0.409 e. The van der Waals surface area contributed by atoms with Crippen LogP contribution in [0, 0.1) is 11.6 Å². The lowest BCUT2D eigenvalue weighted by atomic mass is 9.95. The molecule has 0 saturated heterocycles. The van der Waals surface area contributed by atoms with Crippen LogP contribution in [0.3, 0.4) is 0 Å². The molecule has 0 amide bonds. The summed E-state index contributed by atoms with van der Waals surface area (Å²) in [6.45, 7) is 4.04. The maximum absolute atomic E-state index is 14.5. The van der Waals surface area contributed by atoms with Gasteiger partial charge in [0.05, 0.1) is 0 Å². The van der Waals surface area contributed by atoms with E-state index in [1.807, 2.05) is 13.8 Å². The van der Waals surface area contributed by atoms with Crippen molar-refractivity contribution in [3.63, 3.8) is 0 Å². The lowest BCUT2D eigenvalue weighted by Crippen LogP contribution is -2.01. The lowest BCUT2D eigenvalue weighted by Gasteiger charge is -2.11. The Labute approximate surface area is 164 Å². The van der Waals surface area contributed by atoms with E-state index in [4.69, 9.17) is 0 Å². The predicted octanol–water partition coefficient (Wildman–Crippen LogP) is 8.21. The fourth-order valence-electron chi connectivity index (χ4n) is 2.86. The summed E-state index contributed by atoms with van der Waals surface area (Å²) < 4.78 is 93.3. The minimum atomic E-state index is -4.77. The van der Waals surface area contributed by atoms with Crippen LogP contribution in [0.4, 0.5) is 30.7 Å². The fourth-order valence-corrected chi connectivity index (χ4v) is 2.86. The maximum Gasteiger partial charge on any atom is 0.409 e. The molecule has 1 unspecified atom stereocenters. The van der Waals surface area contributed by atoms with Crippen molar-refractivity contribution in [2.24, 2.45) is 0 Å². The first-order valence-corrected chi connectivity index (χ1v) is 8.94. The number of allylic oxidation sites excluding steroid dienone is 1. The third kappa shape index (κ3) is 5.95. The highest BCUT2D eigenvalue weighted by Gasteiger charge is 2.23. The third-order valence-corrected chi connectivity index (χ3v) is 4.42. The van der Waals surface area contributed by atoms with Crippen LogP contribution in [-0.4, -0.2) is 6.18 Å². The zero-order chi connectivity index (χ0) is 21.8. The number of alkyl halides is 3. The summed E-state index contributed by atoms with van der Waals surface area (Å²) in [5.74, 6) is -5.47. The highest BCUT2D eigenvalue weighted by Crippen LogP contribution is 2.32. The molecule has 1 atom stereocenters. The Morgan fingerprint density at radius 2 is 1.45 bits per heavy atom. The Kier molecular flexibility index (Phi) is 7.27. The normalized spacial score (nSPS) is 14.2. The number of hydrogen-bond acceptors (Lipinski definition) is 0. The van der Waals surface area contributed by atoms with E-state index in [0.717, 1.165) is 18.4 Å². The molecule has 0 N–H and O–H groups in total. The van der Waals surface area contributed by atoms with Crippen molar-refractivity contribution in [1.82, 2.24) is 0 Å². The van der Waals surface area contributed by atoms with Crippen LogP contribution in [0.15, 0.2) is 42.5 Å². The summed E-state index contributed by atoms with van der Waals surface area (Å²) in [6, 6.07) is 6.92. The summed E-state index contributed by atoms with van der Waals surface area (Å²) in [4.78, 5) is 0.